The summed E-state index contributed by atoms with van der Waals surface area (Å²) in [5, 5.41) is 0. The Hall–Kier alpha value is -1.84. The molecule has 0 N–H and O–H groups in total. The summed E-state index contributed by atoms with van der Waals surface area (Å²) in [5.41, 5.74) is 2.31. The lowest BCUT2D eigenvalue weighted by Crippen LogP contribution is -2.41. The number of carbonyl (C=O) groups is 2. The molecule has 3 aliphatic rings. The van der Waals surface area contributed by atoms with Gasteiger partial charge in [-0.05, 0) is 37.3 Å². The highest BCUT2D eigenvalue weighted by Crippen LogP contribution is 2.33. The minimum absolute atomic E-state index is 0.144. The van der Waals surface area contributed by atoms with Crippen LogP contribution in [0.1, 0.15) is 44.1 Å². The second-order valence-corrected chi connectivity index (χ2v) is 7.11. The maximum Gasteiger partial charge on any atom is 0.232 e. The number of hydrogen-bond acceptors (Lipinski definition) is 2. The van der Waals surface area contributed by atoms with Gasteiger partial charge < -0.3 is 9.80 Å². The summed E-state index contributed by atoms with van der Waals surface area (Å²) in [6, 6.07) is 8.56. The zero-order valence-electron chi connectivity index (χ0n) is 13.5. The van der Waals surface area contributed by atoms with Gasteiger partial charge in [-0.1, -0.05) is 31.0 Å². The molecule has 1 saturated heterocycles. The van der Waals surface area contributed by atoms with Crippen LogP contribution in [0.4, 0.5) is 5.69 Å². The number of nitrogens with zero attached hydrogens (tertiary/aromatic N) is 2. The van der Waals surface area contributed by atoms with Gasteiger partial charge in [0.25, 0.3) is 0 Å². The van der Waals surface area contributed by atoms with Gasteiger partial charge in [-0.15, -0.1) is 0 Å². The number of hydrogen-bond donors (Lipinski definition) is 0. The van der Waals surface area contributed by atoms with E-state index in [-0.39, 0.29) is 17.7 Å². The summed E-state index contributed by atoms with van der Waals surface area (Å²) in [6.45, 7) is 1.41. The van der Waals surface area contributed by atoms with E-state index < -0.39 is 0 Å². The number of rotatable bonds is 2. The van der Waals surface area contributed by atoms with Crippen LogP contribution in [0.25, 0.3) is 0 Å². The maximum atomic E-state index is 13.0. The van der Waals surface area contributed by atoms with E-state index in [0.717, 1.165) is 37.9 Å². The number of benzene rings is 1. The Bertz CT molecular complexity index is 622. The third-order valence-electron chi connectivity index (χ3n) is 5.65. The normalized spacial score (nSPS) is 25.0. The van der Waals surface area contributed by atoms with Crippen molar-refractivity contribution < 1.29 is 9.59 Å². The van der Waals surface area contributed by atoms with Crippen molar-refractivity contribution in [3.63, 3.8) is 0 Å². The molecule has 23 heavy (non-hydrogen) atoms. The second kappa shape index (κ2) is 5.99. The summed E-state index contributed by atoms with van der Waals surface area (Å²) in [6.07, 6.45) is 7.10. The molecule has 2 amide bonds. The average Bonchev–Trinajstić information content (AvgIpc) is 3.23. The van der Waals surface area contributed by atoms with Crippen LogP contribution < -0.4 is 4.90 Å². The molecule has 1 unspecified atom stereocenters. The first-order valence-corrected chi connectivity index (χ1v) is 8.93. The van der Waals surface area contributed by atoms with Crippen LogP contribution >= 0.6 is 0 Å². The van der Waals surface area contributed by atoms with Gasteiger partial charge in [0, 0.05) is 31.2 Å². The third kappa shape index (κ3) is 2.64. The Morgan fingerprint density at radius 1 is 1.09 bits per heavy atom. The molecule has 1 aromatic rings. The molecule has 122 valence electrons. The Labute approximate surface area is 137 Å². The number of para-hydroxylation sites is 1. The van der Waals surface area contributed by atoms with E-state index in [1.54, 1.807) is 0 Å². The first-order valence-electron chi connectivity index (χ1n) is 8.93. The fourth-order valence-electron chi connectivity index (χ4n) is 4.45. The molecule has 2 aliphatic heterocycles. The summed E-state index contributed by atoms with van der Waals surface area (Å²) in [5.74, 6) is 0.167. The Kier molecular flexibility index (Phi) is 3.83. The third-order valence-corrected chi connectivity index (χ3v) is 5.65. The monoisotopic (exact) mass is 312 g/mol. The Morgan fingerprint density at radius 3 is 2.70 bits per heavy atom. The van der Waals surface area contributed by atoms with Gasteiger partial charge in [-0.2, -0.15) is 0 Å². The lowest BCUT2D eigenvalue weighted by atomic mass is 9.99. The van der Waals surface area contributed by atoms with Crippen molar-refractivity contribution >= 4 is 17.5 Å². The predicted molar refractivity (Wildman–Crippen MR) is 89.2 cm³/mol. The van der Waals surface area contributed by atoms with Gasteiger partial charge in [0.05, 0.1) is 5.92 Å². The first-order chi connectivity index (χ1) is 11.2. The molecule has 4 rings (SSSR count). The van der Waals surface area contributed by atoms with Crippen molar-refractivity contribution in [3.05, 3.63) is 29.8 Å². The van der Waals surface area contributed by atoms with E-state index >= 15 is 0 Å². The van der Waals surface area contributed by atoms with Crippen LogP contribution in [0.2, 0.25) is 0 Å². The quantitative estimate of drug-likeness (QED) is 0.842. The first kappa shape index (κ1) is 14.7. The zero-order valence-corrected chi connectivity index (χ0v) is 13.5. The van der Waals surface area contributed by atoms with Gasteiger partial charge in [0.15, 0.2) is 0 Å². The van der Waals surface area contributed by atoms with Crippen LogP contribution in [0, 0.1) is 5.92 Å². The molecular weight excluding hydrogens is 288 g/mol. The van der Waals surface area contributed by atoms with E-state index in [1.807, 2.05) is 28.0 Å². The van der Waals surface area contributed by atoms with Crippen LogP contribution in [0.3, 0.4) is 0 Å². The molecular formula is C19H24N2O2. The van der Waals surface area contributed by atoms with Crippen molar-refractivity contribution in [2.24, 2.45) is 5.92 Å². The van der Waals surface area contributed by atoms with E-state index in [0.29, 0.717) is 19.0 Å². The molecule has 1 saturated carbocycles. The van der Waals surface area contributed by atoms with Gasteiger partial charge >= 0.3 is 0 Å². The van der Waals surface area contributed by atoms with E-state index in [2.05, 4.69) is 6.07 Å². The molecule has 2 fully saturated rings. The number of amides is 2. The fraction of sp³-hybridized carbons (Fsp3) is 0.579. The minimum Gasteiger partial charge on any atom is -0.339 e. The van der Waals surface area contributed by atoms with Gasteiger partial charge in [-0.3, -0.25) is 9.59 Å². The molecule has 4 heteroatoms. The summed E-state index contributed by atoms with van der Waals surface area (Å²) < 4.78 is 0. The molecule has 1 atom stereocenters. The highest BCUT2D eigenvalue weighted by molar-refractivity contribution is 5.99. The molecule has 1 aromatic carbocycles. The van der Waals surface area contributed by atoms with Crippen molar-refractivity contribution in [1.29, 1.82) is 0 Å². The van der Waals surface area contributed by atoms with Crippen molar-refractivity contribution in [2.45, 2.75) is 51.0 Å². The minimum atomic E-state index is -0.158. The number of carbonyl (C=O) groups excluding carboxylic acids is 2. The van der Waals surface area contributed by atoms with E-state index in [1.165, 1.54) is 18.4 Å². The standard InChI is InChI=1S/C19H24N2O2/c22-18-12-15(13-21(18)16-8-2-3-9-16)19(23)20-11-5-7-14-6-1-4-10-17(14)20/h1,4,6,10,15-16H,2-3,5,7-9,11-13H2. The molecule has 2 heterocycles. The molecule has 0 bridgehead atoms. The maximum absolute atomic E-state index is 13.0. The van der Waals surface area contributed by atoms with Crippen molar-refractivity contribution in [1.82, 2.24) is 4.90 Å². The summed E-state index contributed by atoms with van der Waals surface area (Å²) >= 11 is 0. The lowest BCUT2D eigenvalue weighted by Gasteiger charge is -2.31. The van der Waals surface area contributed by atoms with E-state index in [4.69, 9.17) is 0 Å². The molecule has 0 spiro atoms. The van der Waals surface area contributed by atoms with Gasteiger partial charge in [0.1, 0.15) is 0 Å². The Balaban J connectivity index is 1.51. The molecule has 0 radical (unpaired) electrons. The fourth-order valence-corrected chi connectivity index (χ4v) is 4.45. The van der Waals surface area contributed by atoms with Gasteiger partial charge in [0.2, 0.25) is 11.8 Å². The molecule has 0 aromatic heterocycles. The largest absolute Gasteiger partial charge is 0.339 e. The lowest BCUT2D eigenvalue weighted by molar-refractivity contribution is -0.130. The highest BCUT2D eigenvalue weighted by atomic mass is 16.2. The molecule has 4 nitrogen and oxygen atoms in total. The van der Waals surface area contributed by atoms with Crippen LogP contribution in [0.15, 0.2) is 24.3 Å². The number of likely N-dealkylation sites (tertiary alicyclic amines) is 1. The average molecular weight is 312 g/mol. The number of anilines is 1. The van der Waals surface area contributed by atoms with Crippen molar-refractivity contribution in [2.75, 3.05) is 18.0 Å². The Morgan fingerprint density at radius 2 is 1.87 bits per heavy atom. The van der Waals surface area contributed by atoms with Crippen LogP contribution in [-0.2, 0) is 16.0 Å². The number of aryl methyl sites for hydroxylation is 1. The SMILES string of the molecule is O=C(C1CC(=O)N(C2CCCC2)C1)N1CCCc2ccccc21. The summed E-state index contributed by atoms with van der Waals surface area (Å²) in [4.78, 5) is 29.3. The summed E-state index contributed by atoms with van der Waals surface area (Å²) in [7, 11) is 0. The highest BCUT2D eigenvalue weighted by Gasteiger charge is 2.40. The smallest absolute Gasteiger partial charge is 0.232 e. The van der Waals surface area contributed by atoms with Gasteiger partial charge in [-0.25, -0.2) is 0 Å². The van der Waals surface area contributed by atoms with E-state index in [9.17, 15) is 9.59 Å². The predicted octanol–water partition coefficient (Wildman–Crippen LogP) is 2.76. The second-order valence-electron chi connectivity index (χ2n) is 7.11. The molecule has 1 aliphatic carbocycles. The zero-order chi connectivity index (χ0) is 15.8. The topological polar surface area (TPSA) is 40.6 Å². The van der Waals surface area contributed by atoms with Crippen LogP contribution in [0.5, 0.6) is 0 Å². The number of fused-ring (bicyclic) bond motifs is 1. The van der Waals surface area contributed by atoms with Crippen LogP contribution in [-0.4, -0.2) is 35.8 Å². The van der Waals surface area contributed by atoms with Crippen molar-refractivity contribution in [3.8, 4) is 0 Å².